The van der Waals surface area contributed by atoms with E-state index in [4.69, 9.17) is 0 Å². The zero-order valence-corrected chi connectivity index (χ0v) is 9.29. The van der Waals surface area contributed by atoms with Gasteiger partial charge in [-0.1, -0.05) is 20.8 Å². The number of hydrogen-bond acceptors (Lipinski definition) is 1. The van der Waals surface area contributed by atoms with Crippen molar-refractivity contribution in [2.75, 3.05) is 17.3 Å². The van der Waals surface area contributed by atoms with Gasteiger partial charge in [-0.05, 0) is 24.3 Å². The summed E-state index contributed by atoms with van der Waals surface area (Å²) in [7, 11) is 0.102. The molecule has 0 aromatic heterocycles. The van der Waals surface area contributed by atoms with Crippen molar-refractivity contribution in [2.45, 2.75) is 33.6 Å². The number of ketones is 1. The van der Waals surface area contributed by atoms with Crippen molar-refractivity contribution in [3.05, 3.63) is 0 Å². The highest BCUT2D eigenvalue weighted by Crippen LogP contribution is 2.36. The maximum absolute atomic E-state index is 11.6. The van der Waals surface area contributed by atoms with Crippen LogP contribution in [-0.4, -0.2) is 23.0 Å². The zero-order chi connectivity index (χ0) is 9.19. The number of thiol groups is 1. The van der Waals surface area contributed by atoms with E-state index >= 15 is 0 Å². The van der Waals surface area contributed by atoms with Gasteiger partial charge < -0.3 is 0 Å². The lowest BCUT2D eigenvalue weighted by Gasteiger charge is -2.21. The number of carbonyl (C=O) groups is 1. The molecule has 0 N–H and O–H groups in total. The molecule has 0 atom stereocenters. The molecule has 0 aromatic carbocycles. The van der Waals surface area contributed by atoms with E-state index in [0.29, 0.717) is 5.78 Å². The quantitative estimate of drug-likeness (QED) is 0.659. The highest BCUT2D eigenvalue weighted by atomic mass is 32.2. The predicted molar refractivity (Wildman–Crippen MR) is 57.3 cm³/mol. The van der Waals surface area contributed by atoms with E-state index in [2.05, 4.69) is 0 Å². The van der Waals surface area contributed by atoms with Gasteiger partial charge in [-0.2, -0.15) is 0 Å². The molecule has 1 aliphatic heterocycles. The first-order chi connectivity index (χ1) is 5.50. The molecule has 1 nitrogen and oxygen atoms in total. The average Bonchev–Trinajstić information content (AvgIpc) is 2.37. The highest BCUT2D eigenvalue weighted by Gasteiger charge is 2.24. The summed E-state index contributed by atoms with van der Waals surface area (Å²) in [5.74, 6) is 4.04. The average molecular weight is 188 g/mol. The summed E-state index contributed by atoms with van der Waals surface area (Å²) < 4.78 is 0. The van der Waals surface area contributed by atoms with Crippen LogP contribution in [-0.2, 0) is 4.79 Å². The lowest BCUT2D eigenvalue weighted by molar-refractivity contribution is -0.123. The molecule has 0 aliphatic carbocycles. The van der Waals surface area contributed by atoms with E-state index in [0.717, 1.165) is 5.75 Å². The maximum Gasteiger partial charge on any atom is 0.146 e. The van der Waals surface area contributed by atoms with E-state index in [1.54, 1.807) is 0 Å². The fraction of sp³-hybridized carbons (Fsp3) is 0.900. The lowest BCUT2D eigenvalue weighted by atomic mass is 9.92. The van der Waals surface area contributed by atoms with E-state index in [9.17, 15) is 4.79 Å². The first kappa shape index (κ1) is 10.1. The van der Waals surface area contributed by atoms with Crippen LogP contribution in [0.4, 0.5) is 0 Å². The molecular weight excluding hydrogens is 168 g/mol. The molecule has 1 fully saturated rings. The summed E-state index contributed by atoms with van der Waals surface area (Å²) in [6.45, 7) is 6.09. The topological polar surface area (TPSA) is 17.1 Å². The van der Waals surface area contributed by atoms with Crippen LogP contribution < -0.4 is 0 Å². The summed E-state index contributed by atoms with van der Waals surface area (Å²) in [6, 6.07) is 0. The van der Waals surface area contributed by atoms with Gasteiger partial charge in [0.25, 0.3) is 0 Å². The van der Waals surface area contributed by atoms with Crippen molar-refractivity contribution in [3.8, 4) is 0 Å². The van der Waals surface area contributed by atoms with Gasteiger partial charge in [-0.15, -0.1) is 0 Å². The van der Waals surface area contributed by atoms with Crippen molar-refractivity contribution >= 4 is 16.7 Å². The van der Waals surface area contributed by atoms with Crippen molar-refractivity contribution in [2.24, 2.45) is 5.41 Å². The highest BCUT2D eigenvalue weighted by molar-refractivity contribution is 8.17. The number of carbonyl (C=O) groups excluding carboxylic acids is 1. The molecule has 1 saturated heterocycles. The molecule has 72 valence electrons. The summed E-state index contributed by atoms with van der Waals surface area (Å²) >= 11 is 0. The van der Waals surface area contributed by atoms with Crippen molar-refractivity contribution in [3.63, 3.8) is 0 Å². The number of hydrogen-bond donors (Lipinski definition) is 1. The first-order valence-corrected chi connectivity index (χ1v) is 6.65. The van der Waals surface area contributed by atoms with Gasteiger partial charge in [0, 0.05) is 11.2 Å². The second kappa shape index (κ2) is 3.82. The van der Waals surface area contributed by atoms with Crippen LogP contribution in [0.5, 0.6) is 0 Å². The number of rotatable bonds is 2. The van der Waals surface area contributed by atoms with Gasteiger partial charge >= 0.3 is 0 Å². The van der Waals surface area contributed by atoms with E-state index in [1.165, 1.54) is 24.3 Å². The van der Waals surface area contributed by atoms with Crippen LogP contribution in [0.2, 0.25) is 0 Å². The second-order valence-electron chi connectivity index (χ2n) is 4.66. The molecule has 0 radical (unpaired) electrons. The van der Waals surface area contributed by atoms with Gasteiger partial charge in [-0.25, -0.2) is 10.9 Å². The standard InChI is InChI=1S/C10H20OS/c1-10(2,3)9(11)8-12-6-4-5-7-12/h12H,4-8H2,1-3H3. The predicted octanol–water partition coefficient (Wildman–Crippen LogP) is 2.40. The SMILES string of the molecule is CC(C)(C)C(=O)C[SH]1CCCC1. The molecule has 12 heavy (non-hydrogen) atoms. The Hall–Kier alpha value is 0.0200. The number of Topliss-reactive ketones (excluding diaryl/α,β-unsaturated/α-hetero) is 1. The molecule has 0 spiro atoms. The minimum Gasteiger partial charge on any atom is -0.298 e. The Balaban J connectivity index is 2.35. The van der Waals surface area contributed by atoms with Gasteiger partial charge in [-0.3, -0.25) is 4.79 Å². The van der Waals surface area contributed by atoms with Crippen LogP contribution in [0.25, 0.3) is 0 Å². The molecule has 0 bridgehead atoms. The van der Waals surface area contributed by atoms with E-state index < -0.39 is 0 Å². The fourth-order valence-corrected chi connectivity index (χ4v) is 4.14. The third-order valence-electron chi connectivity index (χ3n) is 2.40. The van der Waals surface area contributed by atoms with Gasteiger partial charge in [0.15, 0.2) is 0 Å². The van der Waals surface area contributed by atoms with Gasteiger partial charge in [0.1, 0.15) is 5.78 Å². The summed E-state index contributed by atoms with van der Waals surface area (Å²) in [5.41, 5.74) is -0.106. The third kappa shape index (κ3) is 2.81. The lowest BCUT2D eigenvalue weighted by Crippen LogP contribution is -2.23. The van der Waals surface area contributed by atoms with Crippen molar-refractivity contribution in [1.82, 2.24) is 0 Å². The minimum absolute atomic E-state index is 0.102. The molecule has 1 rings (SSSR count). The van der Waals surface area contributed by atoms with Crippen LogP contribution in [0, 0.1) is 5.41 Å². The Labute approximate surface area is 78.3 Å². The first-order valence-electron chi connectivity index (χ1n) is 4.76. The minimum atomic E-state index is -0.106. The van der Waals surface area contributed by atoms with Crippen LogP contribution in [0.3, 0.4) is 0 Å². The van der Waals surface area contributed by atoms with Crippen LogP contribution >= 0.6 is 10.9 Å². The van der Waals surface area contributed by atoms with Crippen molar-refractivity contribution < 1.29 is 4.79 Å². The fourth-order valence-electron chi connectivity index (χ4n) is 1.38. The van der Waals surface area contributed by atoms with Gasteiger partial charge in [0.05, 0.1) is 0 Å². The van der Waals surface area contributed by atoms with Crippen LogP contribution in [0.15, 0.2) is 0 Å². The monoisotopic (exact) mass is 188 g/mol. The van der Waals surface area contributed by atoms with Gasteiger partial charge in [0.2, 0.25) is 0 Å². The molecule has 0 unspecified atom stereocenters. The molecular formula is C10H20OS. The van der Waals surface area contributed by atoms with Crippen LogP contribution in [0.1, 0.15) is 33.6 Å². The molecule has 0 saturated carbocycles. The Morgan fingerprint density at radius 1 is 1.25 bits per heavy atom. The molecule has 0 amide bonds. The maximum atomic E-state index is 11.6. The molecule has 1 aliphatic rings. The Bertz CT molecular complexity index is 163. The summed E-state index contributed by atoms with van der Waals surface area (Å²) in [4.78, 5) is 11.6. The second-order valence-corrected chi connectivity index (χ2v) is 7.21. The zero-order valence-electron chi connectivity index (χ0n) is 8.39. The molecule has 2 heteroatoms. The van der Waals surface area contributed by atoms with E-state index in [-0.39, 0.29) is 16.3 Å². The molecule has 0 aromatic rings. The third-order valence-corrected chi connectivity index (χ3v) is 5.03. The Morgan fingerprint density at radius 3 is 2.17 bits per heavy atom. The van der Waals surface area contributed by atoms with E-state index in [1.807, 2.05) is 20.8 Å². The Kier molecular flexibility index (Phi) is 3.22. The normalized spacial score (nSPS) is 21.4. The largest absolute Gasteiger partial charge is 0.298 e. The Morgan fingerprint density at radius 2 is 1.75 bits per heavy atom. The summed E-state index contributed by atoms with van der Waals surface area (Å²) in [5, 5.41) is 0. The smallest absolute Gasteiger partial charge is 0.146 e. The molecule has 1 heterocycles. The summed E-state index contributed by atoms with van der Waals surface area (Å²) in [6.07, 6.45) is 2.73. The van der Waals surface area contributed by atoms with Crippen molar-refractivity contribution in [1.29, 1.82) is 0 Å².